The second-order valence-corrected chi connectivity index (χ2v) is 5.17. The average molecular weight is 233 g/mol. The van der Waals surface area contributed by atoms with E-state index in [1.165, 1.54) is 0 Å². The number of ether oxygens (including phenoxy) is 1. The van der Waals surface area contributed by atoms with Gasteiger partial charge in [0.05, 0.1) is 12.2 Å². The lowest BCUT2D eigenvalue weighted by Crippen LogP contribution is -2.49. The Hall–Kier alpha value is -1.51. The molecule has 0 fully saturated rings. The van der Waals surface area contributed by atoms with Crippen molar-refractivity contribution in [1.29, 1.82) is 0 Å². The van der Waals surface area contributed by atoms with Gasteiger partial charge in [-0.15, -0.1) is 0 Å². The topological polar surface area (TPSA) is 29.5 Å². The lowest BCUT2D eigenvalue weighted by Gasteiger charge is -2.39. The van der Waals surface area contributed by atoms with E-state index in [-0.39, 0.29) is 11.5 Å². The van der Waals surface area contributed by atoms with Crippen molar-refractivity contribution in [2.75, 3.05) is 11.4 Å². The van der Waals surface area contributed by atoms with Crippen molar-refractivity contribution in [2.24, 2.45) is 0 Å². The molecule has 1 aliphatic heterocycles. The van der Waals surface area contributed by atoms with Gasteiger partial charge in [-0.05, 0) is 38.5 Å². The highest BCUT2D eigenvalue weighted by atomic mass is 16.5. The third-order valence-corrected chi connectivity index (χ3v) is 2.93. The summed E-state index contributed by atoms with van der Waals surface area (Å²) in [7, 11) is 0. The third-order valence-electron chi connectivity index (χ3n) is 2.93. The van der Waals surface area contributed by atoms with Crippen molar-refractivity contribution in [3.05, 3.63) is 23.8 Å². The molecule has 1 aromatic rings. The Bertz CT molecular complexity index is 452. The van der Waals surface area contributed by atoms with Gasteiger partial charge < -0.3 is 9.64 Å². The number of aryl methyl sites for hydroxylation is 1. The van der Waals surface area contributed by atoms with Crippen molar-refractivity contribution >= 4 is 11.6 Å². The first-order chi connectivity index (χ1) is 7.93. The van der Waals surface area contributed by atoms with E-state index < -0.39 is 0 Å². The highest BCUT2D eigenvalue weighted by Crippen LogP contribution is 2.37. The molecule has 0 N–H and O–H groups in total. The van der Waals surface area contributed by atoms with Gasteiger partial charge in [-0.2, -0.15) is 0 Å². The molecule has 0 saturated carbocycles. The number of rotatable bonds is 1. The molecule has 17 heavy (non-hydrogen) atoms. The first kappa shape index (κ1) is 12.0. The van der Waals surface area contributed by atoms with Gasteiger partial charge in [-0.1, -0.05) is 13.0 Å². The van der Waals surface area contributed by atoms with Gasteiger partial charge >= 0.3 is 0 Å². The summed E-state index contributed by atoms with van der Waals surface area (Å²) < 4.78 is 5.91. The number of anilines is 1. The molecule has 3 nitrogen and oxygen atoms in total. The average Bonchev–Trinajstić information content (AvgIpc) is 2.27. The zero-order valence-corrected chi connectivity index (χ0v) is 10.9. The fourth-order valence-corrected chi connectivity index (χ4v) is 2.13. The molecule has 1 heterocycles. The number of nitrogens with zero attached hydrogens (tertiary/aromatic N) is 1. The minimum atomic E-state index is -0.326. The molecule has 0 atom stereocenters. The maximum atomic E-state index is 12.0. The van der Waals surface area contributed by atoms with Crippen molar-refractivity contribution in [1.82, 2.24) is 0 Å². The van der Waals surface area contributed by atoms with E-state index in [1.54, 1.807) is 0 Å². The van der Waals surface area contributed by atoms with Crippen LogP contribution in [-0.4, -0.2) is 18.1 Å². The second kappa shape index (κ2) is 4.06. The van der Waals surface area contributed by atoms with Crippen LogP contribution < -0.4 is 9.64 Å². The highest BCUT2D eigenvalue weighted by molar-refractivity contribution is 5.95. The van der Waals surface area contributed by atoms with Gasteiger partial charge in [0.15, 0.2) is 0 Å². The standard InChI is InChI=1S/C14H19NO2/c1-5-13(16)15-9-14(3,4)17-12-7-6-10(2)8-11(12)15/h6-8H,5,9H2,1-4H3. The summed E-state index contributed by atoms with van der Waals surface area (Å²) in [5.74, 6) is 0.946. The fraction of sp³-hybridized carbons (Fsp3) is 0.500. The first-order valence-corrected chi connectivity index (χ1v) is 6.03. The number of hydrogen-bond acceptors (Lipinski definition) is 2. The number of hydrogen-bond donors (Lipinski definition) is 0. The van der Waals surface area contributed by atoms with E-state index in [2.05, 4.69) is 0 Å². The van der Waals surface area contributed by atoms with E-state index in [1.807, 2.05) is 50.8 Å². The maximum Gasteiger partial charge on any atom is 0.226 e. The summed E-state index contributed by atoms with van der Waals surface area (Å²) >= 11 is 0. The normalized spacial score (nSPS) is 17.3. The van der Waals surface area contributed by atoms with Crippen LogP contribution in [0.2, 0.25) is 0 Å². The summed E-state index contributed by atoms with van der Waals surface area (Å²) in [6.45, 7) is 8.53. The van der Waals surface area contributed by atoms with Crippen molar-refractivity contribution < 1.29 is 9.53 Å². The van der Waals surface area contributed by atoms with E-state index in [0.717, 1.165) is 17.0 Å². The molecule has 3 heteroatoms. The van der Waals surface area contributed by atoms with Crippen molar-refractivity contribution in [3.63, 3.8) is 0 Å². The molecule has 1 aliphatic rings. The van der Waals surface area contributed by atoms with Crippen LogP contribution in [0.25, 0.3) is 0 Å². The van der Waals surface area contributed by atoms with Crippen LogP contribution in [0, 0.1) is 6.92 Å². The van der Waals surface area contributed by atoms with Gasteiger partial charge in [0.1, 0.15) is 11.4 Å². The smallest absolute Gasteiger partial charge is 0.226 e. The predicted molar refractivity (Wildman–Crippen MR) is 68.5 cm³/mol. The Kier molecular flexibility index (Phi) is 2.86. The minimum absolute atomic E-state index is 0.147. The quantitative estimate of drug-likeness (QED) is 0.746. The number of carbonyl (C=O) groups excluding carboxylic acids is 1. The Morgan fingerprint density at radius 3 is 2.82 bits per heavy atom. The fourth-order valence-electron chi connectivity index (χ4n) is 2.13. The van der Waals surface area contributed by atoms with Gasteiger partial charge in [-0.25, -0.2) is 0 Å². The van der Waals surface area contributed by atoms with Crippen LogP contribution in [0.1, 0.15) is 32.8 Å². The van der Waals surface area contributed by atoms with Crippen molar-refractivity contribution in [2.45, 2.75) is 39.7 Å². The summed E-state index contributed by atoms with van der Waals surface area (Å²) in [6.07, 6.45) is 0.517. The summed E-state index contributed by atoms with van der Waals surface area (Å²) in [5.41, 5.74) is 1.71. The molecular weight excluding hydrogens is 214 g/mol. The third kappa shape index (κ3) is 2.28. The van der Waals surface area contributed by atoms with Crippen LogP contribution >= 0.6 is 0 Å². The Balaban J connectivity index is 2.48. The molecule has 0 saturated heterocycles. The van der Waals surface area contributed by atoms with Crippen molar-refractivity contribution in [3.8, 4) is 5.75 Å². The lowest BCUT2D eigenvalue weighted by molar-refractivity contribution is -0.119. The molecule has 1 amide bonds. The van der Waals surface area contributed by atoms with Gasteiger partial charge in [0.2, 0.25) is 5.91 Å². The van der Waals surface area contributed by atoms with E-state index in [9.17, 15) is 4.79 Å². The van der Waals surface area contributed by atoms with Crippen LogP contribution in [0.15, 0.2) is 18.2 Å². The zero-order valence-electron chi connectivity index (χ0n) is 10.9. The number of amides is 1. The van der Waals surface area contributed by atoms with Crippen LogP contribution in [0.5, 0.6) is 5.75 Å². The monoisotopic (exact) mass is 233 g/mol. The van der Waals surface area contributed by atoms with E-state index in [4.69, 9.17) is 4.74 Å². The molecule has 2 rings (SSSR count). The van der Waals surface area contributed by atoms with Crippen LogP contribution in [0.3, 0.4) is 0 Å². The Morgan fingerprint density at radius 1 is 1.47 bits per heavy atom. The highest BCUT2D eigenvalue weighted by Gasteiger charge is 2.34. The zero-order chi connectivity index (χ0) is 12.6. The van der Waals surface area contributed by atoms with Gasteiger partial charge in [0, 0.05) is 6.42 Å². The predicted octanol–water partition coefficient (Wildman–Crippen LogP) is 2.91. The molecule has 0 spiro atoms. The number of fused-ring (bicyclic) bond motifs is 1. The van der Waals surface area contributed by atoms with E-state index >= 15 is 0 Å². The summed E-state index contributed by atoms with van der Waals surface area (Å²) in [6, 6.07) is 5.97. The molecular formula is C14H19NO2. The first-order valence-electron chi connectivity index (χ1n) is 6.03. The summed E-state index contributed by atoms with van der Waals surface area (Å²) in [5, 5.41) is 0. The largest absolute Gasteiger partial charge is 0.484 e. The molecule has 0 aliphatic carbocycles. The van der Waals surface area contributed by atoms with Gasteiger partial charge in [0.25, 0.3) is 0 Å². The molecule has 92 valence electrons. The SMILES string of the molecule is CCC(=O)N1CC(C)(C)Oc2ccc(C)cc21. The minimum Gasteiger partial charge on any atom is -0.484 e. The lowest BCUT2D eigenvalue weighted by atomic mass is 10.0. The summed E-state index contributed by atoms with van der Waals surface area (Å²) in [4.78, 5) is 13.8. The second-order valence-electron chi connectivity index (χ2n) is 5.17. The maximum absolute atomic E-state index is 12.0. The molecule has 0 unspecified atom stereocenters. The number of carbonyl (C=O) groups is 1. The Morgan fingerprint density at radius 2 is 2.18 bits per heavy atom. The van der Waals surface area contributed by atoms with E-state index in [0.29, 0.717) is 13.0 Å². The van der Waals surface area contributed by atoms with Crippen LogP contribution in [-0.2, 0) is 4.79 Å². The van der Waals surface area contributed by atoms with Crippen LogP contribution in [0.4, 0.5) is 5.69 Å². The van der Waals surface area contributed by atoms with Gasteiger partial charge in [-0.3, -0.25) is 4.79 Å². The molecule has 1 aromatic carbocycles. The number of benzene rings is 1. The molecule has 0 bridgehead atoms. The molecule has 0 radical (unpaired) electrons. The molecule has 0 aromatic heterocycles. The Labute approximate surface area is 102 Å².